The molecule has 6 nitrogen and oxygen atoms in total. The monoisotopic (exact) mass is 233 g/mol. The van der Waals surface area contributed by atoms with Gasteiger partial charge in [-0.25, -0.2) is 9.48 Å². The lowest BCUT2D eigenvalue weighted by Gasteiger charge is -2.25. The Morgan fingerprint density at radius 2 is 2.29 bits per heavy atom. The molecule has 2 N–H and O–H groups in total. The summed E-state index contributed by atoms with van der Waals surface area (Å²) in [6, 6.07) is 0.332. The number of aromatic nitrogens is 3. The van der Waals surface area contributed by atoms with Gasteiger partial charge < -0.3 is 10.1 Å². The van der Waals surface area contributed by atoms with Crippen LogP contribution in [0.4, 0.5) is 0 Å². The molecule has 0 saturated heterocycles. The van der Waals surface area contributed by atoms with Crippen molar-refractivity contribution in [2.45, 2.75) is 25.3 Å². The van der Waals surface area contributed by atoms with Crippen LogP contribution in [0.1, 0.15) is 35.7 Å². The van der Waals surface area contributed by atoms with Crippen molar-refractivity contribution in [1.82, 2.24) is 14.8 Å². The third-order valence-electron chi connectivity index (χ3n) is 3.29. The number of aromatic amines is 1. The number of aromatic carboxylic acids is 1. The van der Waals surface area contributed by atoms with E-state index in [1.54, 1.807) is 4.68 Å². The summed E-state index contributed by atoms with van der Waals surface area (Å²) < 4.78 is 1.78. The van der Waals surface area contributed by atoms with Crippen molar-refractivity contribution in [3.63, 3.8) is 0 Å². The highest BCUT2D eigenvalue weighted by molar-refractivity contribution is 5.91. The molecule has 1 aliphatic carbocycles. The number of carboxylic acid groups (broad SMARTS) is 1. The van der Waals surface area contributed by atoms with Gasteiger partial charge in [-0.15, -0.1) is 0 Å². The van der Waals surface area contributed by atoms with E-state index in [2.05, 4.69) is 10.1 Å². The molecule has 0 aromatic carbocycles. The van der Waals surface area contributed by atoms with E-state index in [-0.39, 0.29) is 5.56 Å². The Morgan fingerprint density at radius 1 is 1.53 bits per heavy atom. The van der Waals surface area contributed by atoms with E-state index in [9.17, 15) is 9.59 Å². The van der Waals surface area contributed by atoms with Gasteiger partial charge in [-0.1, -0.05) is 0 Å². The van der Waals surface area contributed by atoms with Crippen molar-refractivity contribution in [2.75, 3.05) is 0 Å². The number of nitrogens with one attached hydrogen (secondary N) is 1. The molecular weight excluding hydrogens is 222 g/mol. The van der Waals surface area contributed by atoms with Gasteiger partial charge in [0.1, 0.15) is 11.2 Å². The van der Waals surface area contributed by atoms with Crippen LogP contribution < -0.4 is 5.43 Å². The molecule has 6 heteroatoms. The molecule has 0 spiro atoms. The van der Waals surface area contributed by atoms with Crippen LogP contribution in [0.25, 0.3) is 11.0 Å². The summed E-state index contributed by atoms with van der Waals surface area (Å²) in [7, 11) is 0. The van der Waals surface area contributed by atoms with Gasteiger partial charge in [0.05, 0.1) is 17.6 Å². The lowest BCUT2D eigenvalue weighted by molar-refractivity contribution is 0.0695. The maximum Gasteiger partial charge on any atom is 0.341 e. The Labute approximate surface area is 95.9 Å². The summed E-state index contributed by atoms with van der Waals surface area (Å²) in [6.07, 6.45) is 5.96. The van der Waals surface area contributed by atoms with Gasteiger partial charge in [0.25, 0.3) is 0 Å². The third kappa shape index (κ3) is 1.37. The number of hydrogen-bond acceptors (Lipinski definition) is 3. The van der Waals surface area contributed by atoms with Crippen molar-refractivity contribution in [2.24, 2.45) is 0 Å². The molecule has 17 heavy (non-hydrogen) atoms. The van der Waals surface area contributed by atoms with Gasteiger partial charge in [-0.3, -0.25) is 4.79 Å². The molecule has 0 aliphatic heterocycles. The first-order valence-corrected chi connectivity index (χ1v) is 5.50. The SMILES string of the molecule is O=C(O)c1c[nH]c2c(cnn2C2CCC2)c1=O. The number of hydrogen-bond donors (Lipinski definition) is 2. The van der Waals surface area contributed by atoms with E-state index in [0.29, 0.717) is 17.1 Å². The third-order valence-corrected chi connectivity index (χ3v) is 3.29. The minimum Gasteiger partial charge on any atom is -0.477 e. The van der Waals surface area contributed by atoms with Crippen LogP contribution in [-0.4, -0.2) is 25.8 Å². The Kier molecular flexibility index (Phi) is 2.04. The van der Waals surface area contributed by atoms with E-state index >= 15 is 0 Å². The van der Waals surface area contributed by atoms with Crippen molar-refractivity contribution < 1.29 is 9.90 Å². The van der Waals surface area contributed by atoms with Gasteiger partial charge >= 0.3 is 5.97 Å². The van der Waals surface area contributed by atoms with Gasteiger partial charge in [0.2, 0.25) is 5.43 Å². The molecule has 2 heterocycles. The van der Waals surface area contributed by atoms with E-state index in [1.165, 1.54) is 18.8 Å². The van der Waals surface area contributed by atoms with Crippen LogP contribution in [0.15, 0.2) is 17.2 Å². The first-order valence-electron chi connectivity index (χ1n) is 5.50. The molecule has 0 unspecified atom stereocenters. The summed E-state index contributed by atoms with van der Waals surface area (Å²) >= 11 is 0. The standard InChI is InChI=1S/C11H11N3O3/c15-9-7-5-13-14(6-2-1-3-6)10(7)12-4-8(9)11(16)17/h4-6H,1-3H2,(H,12,15)(H,16,17). The zero-order valence-corrected chi connectivity index (χ0v) is 9.01. The maximum atomic E-state index is 11.9. The molecule has 2 aromatic heterocycles. The molecule has 3 rings (SSSR count). The van der Waals surface area contributed by atoms with Crippen LogP contribution in [0.3, 0.4) is 0 Å². The Bertz CT molecular complexity index is 652. The zero-order valence-electron chi connectivity index (χ0n) is 9.01. The highest BCUT2D eigenvalue weighted by atomic mass is 16.4. The highest BCUT2D eigenvalue weighted by Crippen LogP contribution is 2.32. The first-order chi connectivity index (χ1) is 8.18. The Hall–Kier alpha value is -2.11. The number of H-pyrrole nitrogens is 1. The van der Waals surface area contributed by atoms with E-state index in [0.717, 1.165) is 12.8 Å². The second-order valence-electron chi connectivity index (χ2n) is 4.27. The molecule has 0 atom stereocenters. The number of nitrogens with zero attached hydrogens (tertiary/aromatic N) is 2. The second kappa shape index (κ2) is 3.44. The fourth-order valence-corrected chi connectivity index (χ4v) is 2.09. The summed E-state index contributed by atoms with van der Waals surface area (Å²) in [5.74, 6) is -1.22. The Balaban J connectivity index is 2.22. The lowest BCUT2D eigenvalue weighted by atomic mass is 9.93. The second-order valence-corrected chi connectivity index (χ2v) is 4.27. The lowest BCUT2D eigenvalue weighted by Crippen LogP contribution is -2.20. The minimum absolute atomic E-state index is 0.245. The van der Waals surface area contributed by atoms with Crippen molar-refractivity contribution in [3.8, 4) is 0 Å². The van der Waals surface area contributed by atoms with Crippen LogP contribution in [0.2, 0.25) is 0 Å². The average molecular weight is 233 g/mol. The Morgan fingerprint density at radius 3 is 2.88 bits per heavy atom. The fourth-order valence-electron chi connectivity index (χ4n) is 2.09. The molecule has 0 amide bonds. The van der Waals surface area contributed by atoms with E-state index in [4.69, 9.17) is 5.11 Å². The van der Waals surface area contributed by atoms with Crippen molar-refractivity contribution in [1.29, 1.82) is 0 Å². The highest BCUT2D eigenvalue weighted by Gasteiger charge is 2.23. The van der Waals surface area contributed by atoms with Crippen LogP contribution in [-0.2, 0) is 0 Å². The normalized spacial score (nSPS) is 16.0. The zero-order chi connectivity index (χ0) is 12.0. The van der Waals surface area contributed by atoms with E-state index < -0.39 is 11.4 Å². The summed E-state index contributed by atoms with van der Waals surface area (Å²) in [5, 5.41) is 13.4. The minimum atomic E-state index is -1.22. The average Bonchev–Trinajstić information content (AvgIpc) is 2.60. The van der Waals surface area contributed by atoms with Crippen LogP contribution >= 0.6 is 0 Å². The quantitative estimate of drug-likeness (QED) is 0.814. The summed E-state index contributed by atoms with van der Waals surface area (Å²) in [5.41, 5.74) is -0.104. The van der Waals surface area contributed by atoms with Gasteiger partial charge in [-0.2, -0.15) is 5.10 Å². The molecule has 0 radical (unpaired) electrons. The van der Waals surface area contributed by atoms with Gasteiger partial charge in [0.15, 0.2) is 0 Å². The molecule has 1 aliphatic rings. The number of pyridine rings is 1. The number of rotatable bonds is 2. The topological polar surface area (TPSA) is 88.0 Å². The molecular formula is C11H11N3O3. The predicted octanol–water partition coefficient (Wildman–Crippen LogP) is 1.15. The van der Waals surface area contributed by atoms with Crippen molar-refractivity contribution >= 4 is 17.0 Å². The molecule has 0 bridgehead atoms. The summed E-state index contributed by atoms with van der Waals surface area (Å²) in [4.78, 5) is 25.5. The largest absolute Gasteiger partial charge is 0.477 e. The van der Waals surface area contributed by atoms with Crippen LogP contribution in [0, 0.1) is 0 Å². The van der Waals surface area contributed by atoms with Gasteiger partial charge in [0, 0.05) is 6.20 Å². The predicted molar refractivity (Wildman–Crippen MR) is 60.2 cm³/mol. The first kappa shape index (κ1) is 10.1. The maximum absolute atomic E-state index is 11.9. The number of carbonyl (C=O) groups is 1. The number of fused-ring (bicyclic) bond motifs is 1. The van der Waals surface area contributed by atoms with Crippen molar-refractivity contribution in [3.05, 3.63) is 28.2 Å². The van der Waals surface area contributed by atoms with Gasteiger partial charge in [-0.05, 0) is 19.3 Å². The van der Waals surface area contributed by atoms with E-state index in [1.807, 2.05) is 0 Å². The summed E-state index contributed by atoms with van der Waals surface area (Å²) in [6.45, 7) is 0. The van der Waals surface area contributed by atoms with Crippen LogP contribution in [0.5, 0.6) is 0 Å². The molecule has 2 aromatic rings. The number of carboxylic acids is 1. The molecule has 1 saturated carbocycles. The molecule has 1 fully saturated rings. The fraction of sp³-hybridized carbons (Fsp3) is 0.364. The molecule has 88 valence electrons. The smallest absolute Gasteiger partial charge is 0.341 e.